The van der Waals surface area contributed by atoms with Crippen LogP contribution >= 0.6 is 11.8 Å². The molecule has 1 unspecified atom stereocenters. The molecule has 3 N–H and O–H groups in total. The monoisotopic (exact) mass is 267 g/mol. The molecule has 2 heterocycles. The standard InChI is InChI=1S/C12H17N3O2S/c1-2-17-12(16)9-5-11(14-6-10(9)13)15-8-3-4-18-7-8/h5-6,8H,2-4,7,13H2,1H3,(H,14,15). The molecule has 0 bridgehead atoms. The third-order valence-corrected chi connectivity index (χ3v) is 3.87. The second kappa shape index (κ2) is 5.95. The largest absolute Gasteiger partial charge is 0.462 e. The maximum Gasteiger partial charge on any atom is 0.340 e. The number of rotatable bonds is 4. The maximum absolute atomic E-state index is 11.7. The normalized spacial score (nSPS) is 18.6. The molecular weight excluding hydrogens is 250 g/mol. The Balaban J connectivity index is 2.12. The van der Waals surface area contributed by atoms with E-state index in [9.17, 15) is 4.79 Å². The van der Waals surface area contributed by atoms with Crippen molar-refractivity contribution in [1.82, 2.24) is 4.98 Å². The number of carbonyl (C=O) groups is 1. The second-order valence-corrected chi connectivity index (χ2v) is 5.23. The molecular formula is C12H17N3O2S. The van der Waals surface area contributed by atoms with Crippen molar-refractivity contribution in [3.05, 3.63) is 17.8 Å². The number of pyridine rings is 1. The van der Waals surface area contributed by atoms with Crippen molar-refractivity contribution in [3.63, 3.8) is 0 Å². The predicted octanol–water partition coefficient (Wildman–Crippen LogP) is 1.76. The third-order valence-electron chi connectivity index (χ3n) is 2.71. The van der Waals surface area contributed by atoms with Gasteiger partial charge in [-0.3, -0.25) is 0 Å². The molecule has 0 aromatic carbocycles. The van der Waals surface area contributed by atoms with Crippen LogP contribution in [0.15, 0.2) is 12.3 Å². The number of anilines is 2. The number of nitrogens with one attached hydrogen (secondary N) is 1. The summed E-state index contributed by atoms with van der Waals surface area (Å²) in [4.78, 5) is 15.9. The van der Waals surface area contributed by atoms with E-state index in [1.54, 1.807) is 13.0 Å². The van der Waals surface area contributed by atoms with E-state index < -0.39 is 5.97 Å². The van der Waals surface area contributed by atoms with Gasteiger partial charge in [-0.05, 0) is 25.2 Å². The lowest BCUT2D eigenvalue weighted by molar-refractivity contribution is 0.0527. The summed E-state index contributed by atoms with van der Waals surface area (Å²) in [6.07, 6.45) is 2.61. The van der Waals surface area contributed by atoms with Crippen molar-refractivity contribution in [2.24, 2.45) is 0 Å². The van der Waals surface area contributed by atoms with Crippen LogP contribution in [0.2, 0.25) is 0 Å². The molecule has 0 amide bonds. The number of nitrogen functional groups attached to an aromatic ring is 1. The first-order chi connectivity index (χ1) is 8.70. The van der Waals surface area contributed by atoms with Crippen molar-refractivity contribution in [1.29, 1.82) is 0 Å². The Morgan fingerprint density at radius 1 is 1.72 bits per heavy atom. The van der Waals surface area contributed by atoms with Gasteiger partial charge in [0.1, 0.15) is 5.82 Å². The van der Waals surface area contributed by atoms with Crippen LogP contribution in [0.4, 0.5) is 11.5 Å². The third kappa shape index (κ3) is 3.07. The zero-order valence-electron chi connectivity index (χ0n) is 10.3. The first-order valence-corrected chi connectivity index (χ1v) is 7.13. The molecule has 1 aromatic rings. The Kier molecular flexibility index (Phi) is 4.30. The fraction of sp³-hybridized carbons (Fsp3) is 0.500. The first kappa shape index (κ1) is 13.0. The van der Waals surface area contributed by atoms with Gasteiger partial charge in [0.25, 0.3) is 0 Å². The number of carbonyl (C=O) groups excluding carboxylic acids is 1. The average molecular weight is 267 g/mol. The molecule has 0 radical (unpaired) electrons. The lowest BCUT2D eigenvalue weighted by atomic mass is 10.2. The van der Waals surface area contributed by atoms with Crippen molar-refractivity contribution < 1.29 is 9.53 Å². The number of hydrogen-bond donors (Lipinski definition) is 2. The minimum Gasteiger partial charge on any atom is -0.462 e. The number of nitrogens with zero attached hydrogens (tertiary/aromatic N) is 1. The Morgan fingerprint density at radius 2 is 2.56 bits per heavy atom. The molecule has 18 heavy (non-hydrogen) atoms. The molecule has 0 aliphatic carbocycles. The van der Waals surface area contributed by atoms with Gasteiger partial charge < -0.3 is 15.8 Å². The highest BCUT2D eigenvalue weighted by molar-refractivity contribution is 7.99. The van der Waals surface area contributed by atoms with Crippen molar-refractivity contribution in [2.45, 2.75) is 19.4 Å². The maximum atomic E-state index is 11.7. The zero-order chi connectivity index (χ0) is 13.0. The van der Waals surface area contributed by atoms with Crippen LogP contribution in [0.5, 0.6) is 0 Å². The second-order valence-electron chi connectivity index (χ2n) is 4.08. The van der Waals surface area contributed by atoms with Crippen LogP contribution in [-0.4, -0.2) is 35.1 Å². The molecule has 1 aliphatic rings. The summed E-state index contributed by atoms with van der Waals surface area (Å²) in [6.45, 7) is 2.10. The molecule has 6 heteroatoms. The number of thioether (sulfide) groups is 1. The van der Waals surface area contributed by atoms with E-state index >= 15 is 0 Å². The SMILES string of the molecule is CCOC(=O)c1cc(NC2CCSC2)ncc1N. The molecule has 1 aliphatic heterocycles. The van der Waals surface area contributed by atoms with E-state index in [2.05, 4.69) is 10.3 Å². The van der Waals surface area contributed by atoms with Gasteiger partial charge in [-0.15, -0.1) is 0 Å². The number of ether oxygens (including phenoxy) is 1. The van der Waals surface area contributed by atoms with Crippen LogP contribution in [0.25, 0.3) is 0 Å². The Bertz CT molecular complexity index is 433. The lowest BCUT2D eigenvalue weighted by Crippen LogP contribution is -2.19. The summed E-state index contributed by atoms with van der Waals surface area (Å²) < 4.78 is 4.96. The quantitative estimate of drug-likeness (QED) is 0.809. The van der Waals surface area contributed by atoms with E-state index in [4.69, 9.17) is 10.5 Å². The van der Waals surface area contributed by atoms with Crippen LogP contribution in [0, 0.1) is 0 Å². The summed E-state index contributed by atoms with van der Waals surface area (Å²) in [6, 6.07) is 2.08. The zero-order valence-corrected chi connectivity index (χ0v) is 11.1. The van der Waals surface area contributed by atoms with Gasteiger partial charge >= 0.3 is 5.97 Å². The number of esters is 1. The summed E-state index contributed by atoms with van der Waals surface area (Å²) in [5.74, 6) is 2.51. The minimum absolute atomic E-state index is 0.336. The van der Waals surface area contributed by atoms with Crippen molar-refractivity contribution in [2.75, 3.05) is 29.2 Å². The summed E-state index contributed by atoms with van der Waals surface area (Å²) in [5, 5.41) is 3.31. The van der Waals surface area contributed by atoms with Gasteiger partial charge in [-0.1, -0.05) is 0 Å². The first-order valence-electron chi connectivity index (χ1n) is 5.97. The number of nitrogens with two attached hydrogens (primary N) is 1. The van der Waals surface area contributed by atoms with Crippen molar-refractivity contribution in [3.8, 4) is 0 Å². The highest BCUT2D eigenvalue weighted by Crippen LogP contribution is 2.22. The number of hydrogen-bond acceptors (Lipinski definition) is 6. The Labute approximate surface area is 110 Å². The van der Waals surface area contributed by atoms with Crippen LogP contribution < -0.4 is 11.1 Å². The lowest BCUT2D eigenvalue weighted by Gasteiger charge is -2.13. The average Bonchev–Trinajstić information content (AvgIpc) is 2.84. The van der Waals surface area contributed by atoms with Gasteiger partial charge in [-0.2, -0.15) is 11.8 Å². The molecule has 1 saturated heterocycles. The number of aromatic nitrogens is 1. The predicted molar refractivity (Wildman–Crippen MR) is 74.0 cm³/mol. The molecule has 0 saturated carbocycles. The molecule has 0 spiro atoms. The molecule has 1 atom stereocenters. The van der Waals surface area contributed by atoms with E-state index in [1.165, 1.54) is 6.20 Å². The molecule has 1 fully saturated rings. The molecule has 1 aromatic heterocycles. The Hall–Kier alpha value is -1.43. The highest BCUT2D eigenvalue weighted by Gasteiger charge is 2.17. The Morgan fingerprint density at radius 3 is 3.22 bits per heavy atom. The minimum atomic E-state index is -0.402. The van der Waals surface area contributed by atoms with Gasteiger partial charge in [0.15, 0.2) is 0 Å². The van der Waals surface area contributed by atoms with Gasteiger partial charge in [0.2, 0.25) is 0 Å². The van der Waals surface area contributed by atoms with Crippen LogP contribution in [0.1, 0.15) is 23.7 Å². The summed E-state index contributed by atoms with van der Waals surface area (Å²) in [5.41, 5.74) is 6.46. The highest BCUT2D eigenvalue weighted by atomic mass is 32.2. The fourth-order valence-electron chi connectivity index (χ4n) is 1.79. The van der Waals surface area contributed by atoms with Gasteiger partial charge in [0, 0.05) is 11.8 Å². The summed E-state index contributed by atoms with van der Waals surface area (Å²) in [7, 11) is 0. The van der Waals surface area contributed by atoms with Crippen LogP contribution in [0.3, 0.4) is 0 Å². The van der Waals surface area contributed by atoms with E-state index in [-0.39, 0.29) is 0 Å². The van der Waals surface area contributed by atoms with Gasteiger partial charge in [0.05, 0.1) is 24.1 Å². The fourth-order valence-corrected chi connectivity index (χ4v) is 2.94. The molecule has 2 rings (SSSR count). The van der Waals surface area contributed by atoms with E-state index in [1.807, 2.05) is 11.8 Å². The van der Waals surface area contributed by atoms with E-state index in [0.717, 1.165) is 17.9 Å². The van der Waals surface area contributed by atoms with Crippen molar-refractivity contribution >= 4 is 29.2 Å². The molecule has 98 valence electrons. The topological polar surface area (TPSA) is 77.2 Å². The summed E-state index contributed by atoms with van der Waals surface area (Å²) >= 11 is 1.92. The smallest absolute Gasteiger partial charge is 0.340 e. The molecule has 5 nitrogen and oxygen atoms in total. The van der Waals surface area contributed by atoms with Gasteiger partial charge in [-0.25, -0.2) is 9.78 Å². The van der Waals surface area contributed by atoms with E-state index in [0.29, 0.717) is 29.7 Å². The van der Waals surface area contributed by atoms with Crippen LogP contribution in [-0.2, 0) is 4.74 Å².